The predicted octanol–water partition coefficient (Wildman–Crippen LogP) is 5.74. The van der Waals surface area contributed by atoms with Crippen LogP contribution in [-0.2, 0) is 0 Å². The fourth-order valence-electron chi connectivity index (χ4n) is 3.68. The van der Waals surface area contributed by atoms with Crippen molar-refractivity contribution in [3.05, 3.63) is 83.9 Å². The van der Waals surface area contributed by atoms with Crippen molar-refractivity contribution in [2.45, 2.75) is 39.8 Å². The summed E-state index contributed by atoms with van der Waals surface area (Å²) in [6.07, 6.45) is 0. The maximum absolute atomic E-state index is 6.13. The molecule has 3 aromatic carbocycles. The highest BCUT2D eigenvalue weighted by atomic mass is 16.7. The summed E-state index contributed by atoms with van der Waals surface area (Å²) in [6, 6.07) is 23.2. The van der Waals surface area contributed by atoms with Crippen LogP contribution >= 0.6 is 0 Å². The molecule has 0 saturated carbocycles. The lowest BCUT2D eigenvalue weighted by atomic mass is 10.1. The first-order valence-corrected chi connectivity index (χ1v) is 12.0. The molecular weight excluding hydrogens is 452 g/mol. The van der Waals surface area contributed by atoms with Gasteiger partial charge in [0, 0.05) is 34.2 Å². The topological polar surface area (TPSA) is 108 Å². The summed E-state index contributed by atoms with van der Waals surface area (Å²) in [4.78, 5) is 8.79. The third-order valence-electron chi connectivity index (χ3n) is 5.33. The van der Waals surface area contributed by atoms with Crippen molar-refractivity contribution in [3.8, 4) is 22.8 Å². The van der Waals surface area contributed by atoms with E-state index in [0.717, 1.165) is 33.4 Å². The predicted molar refractivity (Wildman–Crippen MR) is 146 cm³/mol. The summed E-state index contributed by atoms with van der Waals surface area (Å²) in [5, 5.41) is 0.960. The highest BCUT2D eigenvalue weighted by Gasteiger charge is 2.10. The number of nitrogens with two attached hydrogens (primary N) is 2. The van der Waals surface area contributed by atoms with Crippen LogP contribution in [0.1, 0.15) is 38.8 Å². The van der Waals surface area contributed by atoms with Gasteiger partial charge in [0.25, 0.3) is 0 Å². The van der Waals surface area contributed by atoms with Crippen molar-refractivity contribution < 1.29 is 13.9 Å². The fraction of sp³-hybridized carbons (Fsp3) is 0.241. The van der Waals surface area contributed by atoms with Gasteiger partial charge in [0.1, 0.15) is 34.5 Å². The zero-order valence-corrected chi connectivity index (χ0v) is 21.1. The Bertz CT molecular complexity index is 1390. The summed E-state index contributed by atoms with van der Waals surface area (Å²) in [7, 11) is 0. The molecule has 1 aromatic heterocycles. The Morgan fingerprint density at radius 1 is 0.750 bits per heavy atom. The molecule has 0 amide bonds. The van der Waals surface area contributed by atoms with Gasteiger partial charge in [-0.1, -0.05) is 12.1 Å². The molecule has 0 aliphatic carbocycles. The summed E-state index contributed by atoms with van der Waals surface area (Å²) >= 11 is 0. The fourth-order valence-corrected chi connectivity index (χ4v) is 3.68. The molecule has 7 nitrogen and oxygen atoms in total. The van der Waals surface area contributed by atoms with Gasteiger partial charge in [-0.3, -0.25) is 9.98 Å². The monoisotopic (exact) mass is 484 g/mol. The minimum atomic E-state index is 0.0658. The molecule has 0 saturated heterocycles. The van der Waals surface area contributed by atoms with Gasteiger partial charge in [0.2, 0.25) is 6.79 Å². The highest BCUT2D eigenvalue weighted by molar-refractivity contribution is 6.01. The number of nitrogens with zero attached hydrogens (tertiary/aromatic N) is 2. The van der Waals surface area contributed by atoms with E-state index < -0.39 is 0 Å². The Morgan fingerprint density at radius 3 is 2.08 bits per heavy atom. The summed E-state index contributed by atoms with van der Waals surface area (Å²) in [5.74, 6) is 3.13. The third kappa shape index (κ3) is 6.24. The van der Waals surface area contributed by atoms with Crippen LogP contribution in [0.3, 0.4) is 0 Å². The van der Waals surface area contributed by atoms with Gasteiger partial charge in [-0.15, -0.1) is 0 Å². The largest absolute Gasteiger partial charge is 0.458 e. The van der Waals surface area contributed by atoms with Crippen molar-refractivity contribution in [3.63, 3.8) is 0 Å². The van der Waals surface area contributed by atoms with E-state index in [0.29, 0.717) is 23.2 Å². The SMILES string of the molecule is CC(C)N=C(N)c1ccc(OCOc2cccc(-c3cc4cc(C(N)=NC(C)C)ccc4o3)c2)cc1. The van der Waals surface area contributed by atoms with Crippen LogP contribution < -0.4 is 20.9 Å². The smallest absolute Gasteiger partial charge is 0.230 e. The average Bonchev–Trinajstić information content (AvgIpc) is 3.27. The minimum absolute atomic E-state index is 0.0658. The van der Waals surface area contributed by atoms with E-state index in [1.165, 1.54) is 0 Å². The first-order valence-electron chi connectivity index (χ1n) is 12.0. The lowest BCUT2D eigenvalue weighted by Crippen LogP contribution is -2.15. The molecule has 0 aliphatic heterocycles. The normalized spacial score (nSPS) is 12.5. The molecule has 7 heteroatoms. The molecule has 0 fully saturated rings. The first-order chi connectivity index (χ1) is 17.3. The van der Waals surface area contributed by atoms with Gasteiger partial charge in [0.15, 0.2) is 0 Å². The number of furan rings is 1. The van der Waals surface area contributed by atoms with Crippen LogP contribution in [0.5, 0.6) is 11.5 Å². The molecule has 4 rings (SSSR count). The second kappa shape index (κ2) is 11.0. The van der Waals surface area contributed by atoms with E-state index in [9.17, 15) is 0 Å². The van der Waals surface area contributed by atoms with Gasteiger partial charge in [-0.2, -0.15) is 0 Å². The lowest BCUT2D eigenvalue weighted by molar-refractivity contribution is 0.120. The Morgan fingerprint density at radius 2 is 1.39 bits per heavy atom. The zero-order valence-electron chi connectivity index (χ0n) is 21.1. The molecular formula is C29H32N4O3. The van der Waals surface area contributed by atoms with Crippen molar-refractivity contribution in [2.24, 2.45) is 21.5 Å². The Labute approximate surface area is 211 Å². The van der Waals surface area contributed by atoms with E-state index in [4.69, 9.17) is 25.4 Å². The average molecular weight is 485 g/mol. The van der Waals surface area contributed by atoms with Gasteiger partial charge in [-0.05, 0) is 88.4 Å². The van der Waals surface area contributed by atoms with Crippen LogP contribution in [0.2, 0.25) is 0 Å². The number of fused-ring (bicyclic) bond motifs is 1. The highest BCUT2D eigenvalue weighted by Crippen LogP contribution is 2.30. The Balaban J connectivity index is 1.42. The number of aliphatic imine (C=N–C) groups is 2. The molecule has 4 aromatic rings. The van der Waals surface area contributed by atoms with Crippen molar-refractivity contribution in [1.82, 2.24) is 0 Å². The maximum atomic E-state index is 6.13. The van der Waals surface area contributed by atoms with E-state index in [1.807, 2.05) is 100 Å². The molecule has 0 atom stereocenters. The van der Waals surface area contributed by atoms with E-state index in [1.54, 1.807) is 0 Å². The zero-order chi connectivity index (χ0) is 25.7. The summed E-state index contributed by atoms with van der Waals surface area (Å²) in [6.45, 7) is 8.04. The van der Waals surface area contributed by atoms with Gasteiger partial charge < -0.3 is 25.4 Å². The van der Waals surface area contributed by atoms with E-state index in [-0.39, 0.29) is 18.9 Å². The molecule has 0 spiro atoms. The molecule has 4 N–H and O–H groups in total. The number of rotatable bonds is 9. The molecule has 186 valence electrons. The molecule has 1 heterocycles. The lowest BCUT2D eigenvalue weighted by Gasteiger charge is -2.10. The van der Waals surface area contributed by atoms with Gasteiger partial charge >= 0.3 is 0 Å². The quantitative estimate of drug-likeness (QED) is 0.179. The summed E-state index contributed by atoms with van der Waals surface area (Å²) in [5.41, 5.74) is 15.6. The molecule has 0 bridgehead atoms. The minimum Gasteiger partial charge on any atom is -0.458 e. The second-order valence-electron chi connectivity index (χ2n) is 9.04. The third-order valence-corrected chi connectivity index (χ3v) is 5.33. The van der Waals surface area contributed by atoms with Crippen molar-refractivity contribution >= 4 is 22.6 Å². The second-order valence-corrected chi connectivity index (χ2v) is 9.04. The van der Waals surface area contributed by atoms with Crippen LogP contribution in [0.15, 0.2) is 87.2 Å². The summed E-state index contributed by atoms with van der Waals surface area (Å²) < 4.78 is 17.6. The van der Waals surface area contributed by atoms with Gasteiger partial charge in [0.05, 0.1) is 0 Å². The van der Waals surface area contributed by atoms with Crippen LogP contribution in [0.25, 0.3) is 22.3 Å². The number of amidine groups is 2. The van der Waals surface area contributed by atoms with E-state index in [2.05, 4.69) is 9.98 Å². The number of hydrogen-bond donors (Lipinski definition) is 2. The van der Waals surface area contributed by atoms with Crippen LogP contribution in [0, 0.1) is 0 Å². The Kier molecular flexibility index (Phi) is 7.59. The van der Waals surface area contributed by atoms with Gasteiger partial charge in [-0.25, -0.2) is 0 Å². The number of ether oxygens (including phenoxy) is 2. The molecule has 0 radical (unpaired) electrons. The maximum Gasteiger partial charge on any atom is 0.230 e. The van der Waals surface area contributed by atoms with Crippen molar-refractivity contribution in [2.75, 3.05) is 6.79 Å². The Hall–Kier alpha value is -4.26. The number of benzene rings is 3. The molecule has 36 heavy (non-hydrogen) atoms. The first kappa shape index (κ1) is 24.9. The molecule has 0 unspecified atom stereocenters. The number of hydrogen-bond acceptors (Lipinski definition) is 5. The van der Waals surface area contributed by atoms with Crippen LogP contribution in [-0.4, -0.2) is 30.5 Å². The van der Waals surface area contributed by atoms with Crippen LogP contribution in [0.4, 0.5) is 0 Å². The van der Waals surface area contributed by atoms with E-state index >= 15 is 0 Å². The standard InChI is InChI=1S/C29H32N4O3/c1-18(2)32-28(30)20-8-11-24(12-9-20)34-17-35-25-7-5-6-21(15-25)27-16-23-14-22(10-13-26(23)36-27)29(31)33-19(3)4/h5-16,18-19H,17H2,1-4H3,(H2,30,32)(H2,31,33). The molecule has 0 aliphatic rings. The van der Waals surface area contributed by atoms with Crippen molar-refractivity contribution in [1.29, 1.82) is 0 Å².